The van der Waals surface area contributed by atoms with Gasteiger partial charge in [-0.05, 0) is 56.8 Å². The fraction of sp³-hybridized carbons (Fsp3) is 0.190. The first-order chi connectivity index (χ1) is 26.4. The molecule has 3 aromatic heterocycles. The summed E-state index contributed by atoms with van der Waals surface area (Å²) in [6.07, 6.45) is -2.07. The van der Waals surface area contributed by atoms with Crippen molar-refractivity contribution in [2.75, 3.05) is 0 Å². The van der Waals surface area contributed by atoms with Crippen molar-refractivity contribution in [3.63, 3.8) is 0 Å². The molecule has 0 saturated carbocycles. The zero-order chi connectivity index (χ0) is 38.2. The van der Waals surface area contributed by atoms with E-state index in [0.717, 1.165) is 38.6 Å². The maximum Gasteiger partial charge on any atom is 2.00 e. The number of rotatable bonds is 6. The third-order valence-corrected chi connectivity index (χ3v) is 9.88. The number of hydrogen-bond acceptors (Lipinski definition) is 8. The second kappa shape index (κ2) is 13.7. The van der Waals surface area contributed by atoms with Gasteiger partial charge in [0.25, 0.3) is 0 Å². The Hall–Kier alpha value is -6.50. The number of carboxylic acid groups (broad SMARTS) is 2. The molecule has 5 heterocycles. The topological polar surface area (TPSA) is 180 Å². The van der Waals surface area contributed by atoms with Gasteiger partial charge >= 0.3 is 29.0 Å². The smallest absolute Gasteiger partial charge is 0.489 e. The van der Waals surface area contributed by atoms with Crippen LogP contribution in [-0.4, -0.2) is 53.2 Å². The van der Waals surface area contributed by atoms with Crippen molar-refractivity contribution in [2.45, 2.75) is 45.1 Å². The van der Waals surface area contributed by atoms with Crippen LogP contribution < -0.4 is 19.3 Å². The van der Waals surface area contributed by atoms with Crippen LogP contribution >= 0.6 is 0 Å². The van der Waals surface area contributed by atoms with E-state index in [1.807, 2.05) is 60.1 Å². The first kappa shape index (κ1) is 36.5. The van der Waals surface area contributed by atoms with Crippen LogP contribution in [0.4, 0.5) is 0 Å². The molecule has 4 aromatic carbocycles. The van der Waals surface area contributed by atoms with Gasteiger partial charge in [0.2, 0.25) is 0 Å². The zero-order valence-electron chi connectivity index (χ0n) is 30.6. The molecule has 8 bridgehead atoms. The van der Waals surface area contributed by atoms with E-state index in [2.05, 4.69) is 39.0 Å². The molecule has 9 rings (SSSR count). The average molecular weight is 793 g/mol. The van der Waals surface area contributed by atoms with Gasteiger partial charge in [0.05, 0.1) is 31.5 Å². The minimum absolute atomic E-state index is 0. The summed E-state index contributed by atoms with van der Waals surface area (Å²) in [7, 11) is 1.90. The van der Waals surface area contributed by atoms with Crippen LogP contribution in [0.3, 0.4) is 0 Å². The van der Waals surface area contributed by atoms with E-state index < -0.39 is 30.9 Å². The van der Waals surface area contributed by atoms with Crippen molar-refractivity contribution in [3.05, 3.63) is 90.5 Å². The summed E-state index contributed by atoms with van der Waals surface area (Å²) in [5.41, 5.74) is 5.97. The van der Waals surface area contributed by atoms with E-state index in [-0.39, 0.29) is 28.2 Å². The SMILES string of the molecule is C[n+]1c2nc3[n-]c(nc4nc(nc5[n-]c(nc1-c1ccccc1-2)c1cc(C(C)(C)C)ccc51)-c1ccccc1-4)c1ccc(OC(CC(=O)O)CC(=O)O)cc31.[Cu+2]. The Morgan fingerprint density at radius 1 is 0.643 bits per heavy atom. The van der Waals surface area contributed by atoms with Gasteiger partial charge in [-0.1, -0.05) is 81.4 Å². The first-order valence-corrected chi connectivity index (χ1v) is 17.7. The number of fused-ring (bicyclic) bond motifs is 20. The zero-order valence-corrected chi connectivity index (χ0v) is 31.5. The molecule has 2 aliphatic heterocycles. The van der Waals surface area contributed by atoms with Crippen LogP contribution in [0, 0.1) is 0 Å². The Bertz CT molecular complexity index is 2930. The Morgan fingerprint density at radius 3 is 1.61 bits per heavy atom. The fourth-order valence-electron chi connectivity index (χ4n) is 7.16. The fourth-order valence-corrected chi connectivity index (χ4v) is 7.16. The molecule has 14 heteroatoms. The quantitative estimate of drug-likeness (QED) is 0.137. The Balaban J connectivity index is 0.00000441. The molecule has 7 aromatic rings. The number of ether oxygens (including phenoxy) is 1. The van der Waals surface area contributed by atoms with E-state index in [1.54, 1.807) is 18.2 Å². The first-order valence-electron chi connectivity index (χ1n) is 17.7. The number of carbonyl (C=O) groups is 2. The largest absolute Gasteiger partial charge is 2.00 e. The van der Waals surface area contributed by atoms with Gasteiger partial charge in [0.1, 0.15) is 23.5 Å². The van der Waals surface area contributed by atoms with Crippen molar-refractivity contribution in [1.29, 1.82) is 0 Å². The van der Waals surface area contributed by atoms with E-state index in [4.69, 9.17) is 39.6 Å². The minimum Gasteiger partial charge on any atom is -0.489 e. The summed E-state index contributed by atoms with van der Waals surface area (Å²) in [5, 5.41) is 21.8. The summed E-state index contributed by atoms with van der Waals surface area (Å²) in [6.45, 7) is 6.51. The van der Waals surface area contributed by atoms with Crippen LogP contribution in [0.2, 0.25) is 0 Å². The molecule has 0 aliphatic carbocycles. The van der Waals surface area contributed by atoms with Crippen LogP contribution in [0.1, 0.15) is 39.2 Å². The number of hydrogen-bond donors (Lipinski definition) is 2. The Morgan fingerprint density at radius 2 is 1.11 bits per heavy atom. The predicted octanol–water partition coefficient (Wildman–Crippen LogP) is 6.55. The van der Waals surface area contributed by atoms with Gasteiger partial charge in [-0.25, -0.2) is 4.98 Å². The monoisotopic (exact) mass is 792 g/mol. The van der Waals surface area contributed by atoms with Crippen LogP contribution in [-0.2, 0) is 39.1 Å². The molecular weight excluding hydrogens is 760 g/mol. The van der Waals surface area contributed by atoms with Crippen molar-refractivity contribution in [1.82, 2.24) is 34.9 Å². The number of carboxylic acids is 2. The third kappa shape index (κ3) is 6.32. The van der Waals surface area contributed by atoms with Crippen LogP contribution in [0.5, 0.6) is 5.75 Å². The minimum atomic E-state index is -1.17. The van der Waals surface area contributed by atoms with Crippen LogP contribution in [0.15, 0.2) is 84.9 Å². The molecule has 13 nitrogen and oxygen atoms in total. The second-order valence-corrected chi connectivity index (χ2v) is 14.7. The van der Waals surface area contributed by atoms with Gasteiger partial charge in [0, 0.05) is 44.8 Å². The average Bonchev–Trinajstić information content (AvgIpc) is 3.85. The third-order valence-electron chi connectivity index (χ3n) is 9.88. The molecule has 2 aliphatic rings. The molecule has 0 unspecified atom stereocenters. The van der Waals surface area contributed by atoms with Gasteiger partial charge in [0.15, 0.2) is 0 Å². The van der Waals surface area contributed by atoms with Gasteiger partial charge in [-0.2, -0.15) is 0 Å². The molecule has 0 amide bonds. The number of aliphatic carboxylic acids is 2. The standard InChI is InChI=1S/C42H34N8O5.Cu/c1-42(2,3)21-13-15-26-30(17-21)38-46-36(26)44-34-24-9-5-6-10-25(24)35(43-34)45-37-27-16-14-22(55-23(19-32(51)52)20-33(53)54)18-31(27)39(47-37)49-41-29-12-8-7-11-28(29)40(48-38)50(41)4;/h5-18,23H,19-20H2,1-4H3,(H3,43,44,45,46,47,48,49,51,52,53,54);/q;+2/p-1. The van der Waals surface area contributed by atoms with E-state index in [0.29, 0.717) is 56.7 Å². The Kier molecular flexibility index (Phi) is 8.90. The molecular formula is C42H33CuN8O5+. The number of nitrogens with zero attached hydrogens (tertiary/aromatic N) is 8. The predicted molar refractivity (Wildman–Crippen MR) is 205 cm³/mol. The van der Waals surface area contributed by atoms with E-state index >= 15 is 0 Å². The van der Waals surface area contributed by atoms with Gasteiger partial charge in [-0.3, -0.25) is 14.2 Å². The van der Waals surface area contributed by atoms with Crippen molar-refractivity contribution in [3.8, 4) is 51.3 Å². The second-order valence-electron chi connectivity index (χ2n) is 14.7. The molecule has 0 fully saturated rings. The van der Waals surface area contributed by atoms with Gasteiger partial charge < -0.3 is 44.9 Å². The van der Waals surface area contributed by atoms with Crippen molar-refractivity contribution < 1.29 is 46.2 Å². The number of aromatic nitrogens is 8. The van der Waals surface area contributed by atoms with E-state index in [9.17, 15) is 19.8 Å². The maximum atomic E-state index is 11.6. The van der Waals surface area contributed by atoms with Crippen molar-refractivity contribution >= 4 is 56.1 Å². The summed E-state index contributed by atoms with van der Waals surface area (Å²) in [6, 6.07) is 27.0. The Labute approximate surface area is 330 Å². The molecule has 0 atom stereocenters. The molecule has 56 heavy (non-hydrogen) atoms. The summed E-state index contributed by atoms with van der Waals surface area (Å²) < 4.78 is 7.86. The summed E-state index contributed by atoms with van der Waals surface area (Å²) in [5.74, 6) is 0.0287. The molecule has 0 saturated heterocycles. The molecule has 0 spiro atoms. The van der Waals surface area contributed by atoms with Crippen molar-refractivity contribution in [2.24, 2.45) is 7.05 Å². The van der Waals surface area contributed by atoms with Gasteiger partial charge in [-0.15, -0.1) is 0 Å². The maximum absolute atomic E-state index is 11.6. The number of benzene rings is 4. The molecule has 281 valence electrons. The summed E-state index contributed by atoms with van der Waals surface area (Å²) >= 11 is 0. The molecule has 2 N–H and O–H groups in total. The summed E-state index contributed by atoms with van der Waals surface area (Å²) in [4.78, 5) is 58.4. The van der Waals surface area contributed by atoms with E-state index in [1.165, 1.54) is 0 Å². The normalized spacial score (nSPS) is 12.0. The molecule has 1 radical (unpaired) electrons. The van der Waals surface area contributed by atoms with Crippen LogP contribution in [0.25, 0.3) is 89.7 Å².